The van der Waals surface area contributed by atoms with Crippen LogP contribution >= 0.6 is 11.5 Å². The normalized spacial score (nSPS) is 12.7. The van der Waals surface area contributed by atoms with Gasteiger partial charge in [0.25, 0.3) is 0 Å². The van der Waals surface area contributed by atoms with Crippen LogP contribution in [0.4, 0.5) is 0 Å². The van der Waals surface area contributed by atoms with Crippen LogP contribution in [0.15, 0.2) is 24.4 Å². The number of hydrogen-bond acceptors (Lipinski definition) is 5. The molecule has 0 spiro atoms. The van der Waals surface area contributed by atoms with Crippen molar-refractivity contribution in [1.29, 1.82) is 0 Å². The average Bonchev–Trinajstić information content (AvgIpc) is 2.78. The van der Waals surface area contributed by atoms with Crippen molar-refractivity contribution in [3.05, 3.63) is 46.0 Å². The maximum absolute atomic E-state index is 5.59. The molecule has 0 bridgehead atoms. The lowest BCUT2D eigenvalue weighted by molar-refractivity contribution is 0.645. The molecular weight excluding hydrogens is 220 g/mol. The Morgan fingerprint density at radius 1 is 1.31 bits per heavy atom. The Morgan fingerprint density at radius 3 is 2.69 bits per heavy atom. The van der Waals surface area contributed by atoms with Crippen molar-refractivity contribution in [1.82, 2.24) is 15.0 Å². The third-order valence-electron chi connectivity index (χ3n) is 2.69. The van der Waals surface area contributed by atoms with E-state index in [2.05, 4.69) is 47.1 Å². The molecule has 4 nitrogen and oxygen atoms in total. The molecule has 16 heavy (non-hydrogen) atoms. The summed E-state index contributed by atoms with van der Waals surface area (Å²) >= 11 is 1.36. The number of nitrogens with two attached hydrogens (primary N) is 1. The van der Waals surface area contributed by atoms with E-state index in [9.17, 15) is 0 Å². The molecule has 0 amide bonds. The Balaban J connectivity index is 2.37. The highest BCUT2D eigenvalue weighted by atomic mass is 32.1. The largest absolute Gasteiger partial charge is 0.271 e. The second-order valence-corrected chi connectivity index (χ2v) is 4.58. The van der Waals surface area contributed by atoms with Gasteiger partial charge in [-0.3, -0.25) is 5.84 Å². The van der Waals surface area contributed by atoms with Gasteiger partial charge >= 0.3 is 0 Å². The topological polar surface area (TPSA) is 63.8 Å². The quantitative estimate of drug-likeness (QED) is 0.627. The molecule has 1 aromatic carbocycles. The average molecular weight is 234 g/mol. The Hall–Kier alpha value is -1.30. The summed E-state index contributed by atoms with van der Waals surface area (Å²) in [6, 6.07) is 6.29. The first-order valence-electron chi connectivity index (χ1n) is 5.03. The molecule has 3 N–H and O–H groups in total. The van der Waals surface area contributed by atoms with Gasteiger partial charge in [0.05, 0.1) is 17.1 Å². The summed E-state index contributed by atoms with van der Waals surface area (Å²) in [4.78, 5) is 1.02. The van der Waals surface area contributed by atoms with Crippen LogP contribution < -0.4 is 11.3 Å². The summed E-state index contributed by atoms with van der Waals surface area (Å²) in [6.45, 7) is 4.19. The predicted molar refractivity (Wildman–Crippen MR) is 65.0 cm³/mol. The smallest absolute Gasteiger partial charge is 0.0834 e. The van der Waals surface area contributed by atoms with Crippen molar-refractivity contribution in [2.45, 2.75) is 19.9 Å². The molecule has 0 radical (unpaired) electrons. The van der Waals surface area contributed by atoms with Crippen LogP contribution in [-0.2, 0) is 0 Å². The number of aromatic nitrogens is 2. The van der Waals surface area contributed by atoms with Gasteiger partial charge in [-0.05, 0) is 42.1 Å². The van der Waals surface area contributed by atoms with Crippen molar-refractivity contribution in [2.75, 3.05) is 0 Å². The van der Waals surface area contributed by atoms with Gasteiger partial charge in [-0.2, -0.15) is 0 Å². The molecule has 1 atom stereocenters. The Kier molecular flexibility index (Phi) is 3.28. The Labute approximate surface area is 98.6 Å². The van der Waals surface area contributed by atoms with E-state index in [1.54, 1.807) is 6.20 Å². The molecule has 0 aliphatic heterocycles. The van der Waals surface area contributed by atoms with Gasteiger partial charge in [0, 0.05) is 0 Å². The fourth-order valence-corrected chi connectivity index (χ4v) is 2.18. The lowest BCUT2D eigenvalue weighted by Gasteiger charge is -2.15. The van der Waals surface area contributed by atoms with E-state index < -0.39 is 0 Å². The first-order chi connectivity index (χ1) is 7.72. The zero-order chi connectivity index (χ0) is 11.5. The molecule has 2 aromatic rings. The predicted octanol–water partition coefficient (Wildman–Crippen LogP) is 1.71. The summed E-state index contributed by atoms with van der Waals surface area (Å²) in [6.07, 6.45) is 1.74. The van der Waals surface area contributed by atoms with Gasteiger partial charge in [0.15, 0.2) is 0 Å². The van der Waals surface area contributed by atoms with Crippen molar-refractivity contribution in [3.8, 4) is 0 Å². The van der Waals surface area contributed by atoms with Gasteiger partial charge < -0.3 is 0 Å². The molecule has 84 valence electrons. The van der Waals surface area contributed by atoms with Gasteiger partial charge in [-0.15, -0.1) is 5.10 Å². The van der Waals surface area contributed by atoms with E-state index in [4.69, 9.17) is 5.84 Å². The van der Waals surface area contributed by atoms with Crippen molar-refractivity contribution in [3.63, 3.8) is 0 Å². The number of hydrazine groups is 1. The number of nitrogens with zero attached hydrogens (tertiary/aromatic N) is 2. The Bertz CT molecular complexity index is 467. The zero-order valence-corrected chi connectivity index (χ0v) is 10.1. The highest BCUT2D eigenvalue weighted by Gasteiger charge is 2.14. The van der Waals surface area contributed by atoms with Gasteiger partial charge in [-0.25, -0.2) is 5.43 Å². The summed E-state index contributed by atoms with van der Waals surface area (Å²) in [7, 11) is 0. The van der Waals surface area contributed by atoms with E-state index in [-0.39, 0.29) is 6.04 Å². The van der Waals surface area contributed by atoms with E-state index >= 15 is 0 Å². The fraction of sp³-hybridized carbons (Fsp3) is 0.273. The third-order valence-corrected chi connectivity index (χ3v) is 3.42. The molecule has 1 aromatic heterocycles. The fourth-order valence-electron chi connectivity index (χ4n) is 1.59. The molecule has 0 saturated carbocycles. The molecular formula is C11H14N4S. The number of benzene rings is 1. The van der Waals surface area contributed by atoms with E-state index in [1.807, 2.05) is 0 Å². The van der Waals surface area contributed by atoms with Crippen LogP contribution in [0, 0.1) is 13.8 Å². The monoisotopic (exact) mass is 234 g/mol. The first-order valence-corrected chi connectivity index (χ1v) is 5.80. The zero-order valence-electron chi connectivity index (χ0n) is 9.27. The van der Waals surface area contributed by atoms with Gasteiger partial charge in [0.1, 0.15) is 0 Å². The standard InChI is InChI=1S/C11H14N4S/c1-7-3-4-9(5-8(7)2)11(14-12)10-6-13-15-16-10/h3-6,11,14H,12H2,1-2H3. The second kappa shape index (κ2) is 4.69. The summed E-state index contributed by atoms with van der Waals surface area (Å²) in [5.41, 5.74) is 6.47. The van der Waals surface area contributed by atoms with Gasteiger partial charge in [0.2, 0.25) is 0 Å². The van der Waals surface area contributed by atoms with E-state index in [1.165, 1.54) is 22.7 Å². The molecule has 1 heterocycles. The SMILES string of the molecule is Cc1ccc(C(NN)c2cnns2)cc1C. The van der Waals surface area contributed by atoms with Crippen LogP contribution in [0.5, 0.6) is 0 Å². The third kappa shape index (κ3) is 2.11. The van der Waals surface area contributed by atoms with Crippen molar-refractivity contribution >= 4 is 11.5 Å². The van der Waals surface area contributed by atoms with Gasteiger partial charge in [-0.1, -0.05) is 22.7 Å². The molecule has 0 aliphatic carbocycles. The van der Waals surface area contributed by atoms with Crippen molar-refractivity contribution in [2.24, 2.45) is 5.84 Å². The van der Waals surface area contributed by atoms with E-state index in [0.717, 1.165) is 10.4 Å². The minimum atomic E-state index is -0.0284. The highest BCUT2D eigenvalue weighted by molar-refractivity contribution is 7.05. The summed E-state index contributed by atoms with van der Waals surface area (Å²) in [5.74, 6) is 5.59. The molecule has 0 aliphatic rings. The number of rotatable bonds is 3. The maximum atomic E-state index is 5.59. The van der Waals surface area contributed by atoms with Crippen LogP contribution in [0.25, 0.3) is 0 Å². The first kappa shape index (κ1) is 11.2. The summed E-state index contributed by atoms with van der Waals surface area (Å²) < 4.78 is 3.85. The summed E-state index contributed by atoms with van der Waals surface area (Å²) in [5, 5.41) is 3.83. The van der Waals surface area contributed by atoms with Crippen LogP contribution in [0.1, 0.15) is 27.6 Å². The van der Waals surface area contributed by atoms with Crippen LogP contribution in [0.3, 0.4) is 0 Å². The molecule has 0 saturated heterocycles. The van der Waals surface area contributed by atoms with Crippen LogP contribution in [0.2, 0.25) is 0 Å². The second-order valence-electron chi connectivity index (χ2n) is 3.76. The van der Waals surface area contributed by atoms with Crippen LogP contribution in [-0.4, -0.2) is 9.59 Å². The number of hydrogen-bond donors (Lipinski definition) is 2. The number of nitrogens with one attached hydrogen (secondary N) is 1. The lowest BCUT2D eigenvalue weighted by Crippen LogP contribution is -2.28. The molecule has 0 fully saturated rings. The minimum Gasteiger partial charge on any atom is -0.271 e. The molecule has 2 rings (SSSR count). The maximum Gasteiger partial charge on any atom is 0.0834 e. The Morgan fingerprint density at radius 2 is 2.12 bits per heavy atom. The highest BCUT2D eigenvalue weighted by Crippen LogP contribution is 2.24. The lowest BCUT2D eigenvalue weighted by atomic mass is 10.0. The number of aryl methyl sites for hydroxylation is 2. The van der Waals surface area contributed by atoms with Crippen molar-refractivity contribution < 1.29 is 0 Å². The molecule has 1 unspecified atom stereocenters. The minimum absolute atomic E-state index is 0.0284. The van der Waals surface area contributed by atoms with E-state index in [0.29, 0.717) is 0 Å². The molecule has 5 heteroatoms.